The van der Waals surface area contributed by atoms with Gasteiger partial charge in [0.25, 0.3) is 0 Å². The molecule has 32 heavy (non-hydrogen) atoms. The predicted molar refractivity (Wildman–Crippen MR) is 125 cm³/mol. The van der Waals surface area contributed by atoms with E-state index in [1.165, 1.54) is 0 Å². The van der Waals surface area contributed by atoms with E-state index < -0.39 is 12.0 Å². The van der Waals surface area contributed by atoms with Gasteiger partial charge < -0.3 is 15.0 Å². The van der Waals surface area contributed by atoms with E-state index >= 15 is 0 Å². The molecule has 5 heteroatoms. The maximum absolute atomic E-state index is 12.9. The highest BCUT2D eigenvalue weighted by atomic mass is 16.5. The van der Waals surface area contributed by atoms with Crippen molar-refractivity contribution in [1.29, 1.82) is 0 Å². The summed E-state index contributed by atoms with van der Waals surface area (Å²) in [6, 6.07) is 27.8. The smallest absolute Gasteiger partial charge is 0.338 e. The number of ether oxygens (including phenoxy) is 1. The summed E-state index contributed by atoms with van der Waals surface area (Å²) >= 11 is 0. The Labute approximate surface area is 188 Å². The van der Waals surface area contributed by atoms with Gasteiger partial charge >= 0.3 is 5.97 Å². The van der Waals surface area contributed by atoms with Crippen molar-refractivity contribution in [3.63, 3.8) is 0 Å². The minimum atomic E-state index is -0.406. The molecule has 0 saturated carbocycles. The summed E-state index contributed by atoms with van der Waals surface area (Å²) in [5.41, 5.74) is 2.39. The molecule has 5 nitrogen and oxygen atoms in total. The van der Waals surface area contributed by atoms with E-state index in [2.05, 4.69) is 5.32 Å². The van der Waals surface area contributed by atoms with Gasteiger partial charge in [-0.3, -0.25) is 4.79 Å². The summed E-state index contributed by atoms with van der Waals surface area (Å²) in [6.07, 6.45) is 3.51. The van der Waals surface area contributed by atoms with E-state index in [1.54, 1.807) is 35.2 Å². The Bertz CT molecular complexity index is 1070. The Morgan fingerprint density at radius 1 is 0.938 bits per heavy atom. The zero-order valence-electron chi connectivity index (χ0n) is 17.9. The quantitative estimate of drug-likeness (QED) is 0.523. The minimum absolute atomic E-state index is 0.0452. The summed E-state index contributed by atoms with van der Waals surface area (Å²) in [4.78, 5) is 27.3. The van der Waals surface area contributed by atoms with Crippen molar-refractivity contribution in [3.8, 4) is 0 Å². The molecular formula is C27H26N2O3. The summed E-state index contributed by atoms with van der Waals surface area (Å²) in [6.45, 7) is 2.12. The second kappa shape index (κ2) is 9.96. The van der Waals surface area contributed by atoms with E-state index in [9.17, 15) is 9.59 Å². The fraction of sp³-hybridized carbons (Fsp3) is 0.185. The van der Waals surface area contributed by atoms with E-state index in [-0.39, 0.29) is 24.6 Å². The van der Waals surface area contributed by atoms with Gasteiger partial charge in [-0.2, -0.15) is 0 Å². The highest BCUT2D eigenvalue weighted by Gasteiger charge is 2.37. The molecule has 3 atom stereocenters. The molecule has 0 saturated heterocycles. The third-order valence-corrected chi connectivity index (χ3v) is 5.59. The summed E-state index contributed by atoms with van der Waals surface area (Å²) in [5.74, 6) is -0.500. The van der Waals surface area contributed by atoms with Crippen LogP contribution in [0.25, 0.3) is 0 Å². The number of hydrogen-bond acceptors (Lipinski definition) is 4. The number of carbonyl (C=O) groups is 2. The van der Waals surface area contributed by atoms with Crippen LogP contribution >= 0.6 is 0 Å². The van der Waals surface area contributed by atoms with E-state index in [0.717, 1.165) is 11.3 Å². The van der Waals surface area contributed by atoms with Crippen molar-refractivity contribution in [2.75, 3.05) is 11.9 Å². The number of esters is 1. The lowest BCUT2D eigenvalue weighted by Gasteiger charge is -2.36. The first-order chi connectivity index (χ1) is 15.6. The maximum atomic E-state index is 12.9. The third kappa shape index (κ3) is 4.89. The first-order valence-electron chi connectivity index (χ1n) is 10.7. The lowest BCUT2D eigenvalue weighted by molar-refractivity contribution is -0.130. The molecule has 1 heterocycles. The summed E-state index contributed by atoms with van der Waals surface area (Å²) in [5, 5.41) is 3.48. The average molecular weight is 427 g/mol. The van der Waals surface area contributed by atoms with Crippen molar-refractivity contribution < 1.29 is 14.3 Å². The predicted octanol–water partition coefficient (Wildman–Crippen LogP) is 4.85. The van der Waals surface area contributed by atoms with Gasteiger partial charge in [0.15, 0.2) is 0 Å². The third-order valence-electron chi connectivity index (χ3n) is 5.59. The van der Waals surface area contributed by atoms with Gasteiger partial charge in [0.05, 0.1) is 17.6 Å². The molecule has 3 aromatic rings. The highest BCUT2D eigenvalue weighted by Crippen LogP contribution is 2.30. The fourth-order valence-electron chi connectivity index (χ4n) is 3.98. The monoisotopic (exact) mass is 426 g/mol. The lowest BCUT2D eigenvalue weighted by Crippen LogP contribution is -2.47. The maximum Gasteiger partial charge on any atom is 0.338 e. The van der Waals surface area contributed by atoms with Gasteiger partial charge in [0.2, 0.25) is 5.91 Å². The topological polar surface area (TPSA) is 58.6 Å². The van der Waals surface area contributed by atoms with Crippen LogP contribution in [0, 0.1) is 0 Å². The van der Waals surface area contributed by atoms with Crippen molar-refractivity contribution in [1.82, 2.24) is 4.90 Å². The average Bonchev–Trinajstić information content (AvgIpc) is 3.22. The van der Waals surface area contributed by atoms with Crippen LogP contribution in [0.2, 0.25) is 0 Å². The van der Waals surface area contributed by atoms with Gasteiger partial charge in [-0.15, -0.1) is 0 Å². The second-order valence-corrected chi connectivity index (χ2v) is 7.79. The number of rotatable bonds is 8. The molecular weight excluding hydrogens is 400 g/mol. The van der Waals surface area contributed by atoms with Crippen LogP contribution in [-0.2, 0) is 9.53 Å². The molecule has 0 unspecified atom stereocenters. The molecule has 1 amide bonds. The van der Waals surface area contributed by atoms with Gasteiger partial charge in [0, 0.05) is 17.8 Å². The molecule has 0 aromatic heterocycles. The Balaban J connectivity index is 1.56. The molecule has 4 rings (SSSR count). The lowest BCUT2D eigenvalue weighted by atomic mass is 10.0. The number of anilines is 1. The Kier molecular flexibility index (Phi) is 6.66. The van der Waals surface area contributed by atoms with E-state index in [4.69, 9.17) is 4.74 Å². The zero-order chi connectivity index (χ0) is 22.3. The minimum Gasteiger partial charge on any atom is -0.460 e. The van der Waals surface area contributed by atoms with Gasteiger partial charge in [-0.1, -0.05) is 72.8 Å². The number of para-hydroxylation sites is 1. The van der Waals surface area contributed by atoms with Crippen LogP contribution in [-0.4, -0.2) is 35.5 Å². The molecule has 0 spiro atoms. The largest absolute Gasteiger partial charge is 0.460 e. The standard InChI is InChI=1S/C27H26N2O3/c1-20(28-23-15-9-4-10-16-23)24-17-18-26(30)29(24)25(21-11-5-2-6-12-21)19-32-27(31)22-13-7-3-8-14-22/h2-18,20,24-25,28H,19H2,1H3/t20-,24+,25-/m0/s1. The van der Waals surface area contributed by atoms with Crippen molar-refractivity contribution in [2.45, 2.75) is 25.0 Å². The number of hydrogen-bond donors (Lipinski definition) is 1. The Morgan fingerprint density at radius 2 is 1.53 bits per heavy atom. The number of nitrogens with one attached hydrogen (secondary N) is 1. The Morgan fingerprint density at radius 3 is 2.19 bits per heavy atom. The van der Waals surface area contributed by atoms with Crippen molar-refractivity contribution in [3.05, 3.63) is 114 Å². The van der Waals surface area contributed by atoms with Crippen molar-refractivity contribution >= 4 is 17.6 Å². The normalized spacial score (nSPS) is 17.1. The molecule has 162 valence electrons. The summed E-state index contributed by atoms with van der Waals surface area (Å²) in [7, 11) is 0. The van der Waals surface area contributed by atoms with Gasteiger partial charge in [-0.25, -0.2) is 4.79 Å². The van der Waals surface area contributed by atoms with Crippen LogP contribution in [0.15, 0.2) is 103 Å². The first-order valence-corrected chi connectivity index (χ1v) is 10.7. The molecule has 0 bridgehead atoms. The molecule has 3 aromatic carbocycles. The van der Waals surface area contributed by atoms with Crippen LogP contribution in [0.5, 0.6) is 0 Å². The molecule has 0 fully saturated rings. The first kappa shape index (κ1) is 21.4. The Hall–Kier alpha value is -3.86. The molecule has 1 aliphatic rings. The molecule has 0 aliphatic carbocycles. The second-order valence-electron chi connectivity index (χ2n) is 7.79. The van der Waals surface area contributed by atoms with Crippen LogP contribution in [0.1, 0.15) is 28.9 Å². The van der Waals surface area contributed by atoms with Crippen LogP contribution in [0.4, 0.5) is 5.69 Å². The number of nitrogens with zero attached hydrogens (tertiary/aromatic N) is 1. The van der Waals surface area contributed by atoms with Gasteiger partial charge in [-0.05, 0) is 36.8 Å². The number of benzene rings is 3. The molecule has 1 aliphatic heterocycles. The highest BCUT2D eigenvalue weighted by molar-refractivity contribution is 5.91. The zero-order valence-corrected chi connectivity index (χ0v) is 17.9. The van der Waals surface area contributed by atoms with Crippen LogP contribution in [0.3, 0.4) is 0 Å². The van der Waals surface area contributed by atoms with Gasteiger partial charge in [0.1, 0.15) is 6.61 Å². The van der Waals surface area contributed by atoms with Crippen LogP contribution < -0.4 is 5.32 Å². The summed E-state index contributed by atoms with van der Waals surface area (Å²) < 4.78 is 5.67. The van der Waals surface area contributed by atoms with Crippen molar-refractivity contribution in [2.24, 2.45) is 0 Å². The van der Waals surface area contributed by atoms with E-state index in [0.29, 0.717) is 5.56 Å². The fourth-order valence-corrected chi connectivity index (χ4v) is 3.98. The van der Waals surface area contributed by atoms with E-state index in [1.807, 2.05) is 79.7 Å². The molecule has 0 radical (unpaired) electrons. The SMILES string of the molecule is C[C@H](Nc1ccccc1)[C@H]1C=CC(=O)N1[C@@H](COC(=O)c1ccccc1)c1ccccc1. The molecule has 1 N–H and O–H groups in total. The number of amides is 1. The number of carbonyl (C=O) groups excluding carboxylic acids is 2.